The molecule has 3 aromatic carbocycles. The summed E-state index contributed by atoms with van der Waals surface area (Å²) >= 11 is 0. The van der Waals surface area contributed by atoms with E-state index in [0.29, 0.717) is 13.0 Å². The van der Waals surface area contributed by atoms with Crippen LogP contribution < -0.4 is 4.74 Å². The van der Waals surface area contributed by atoms with Crippen LogP contribution in [0, 0.1) is 23.3 Å². The van der Waals surface area contributed by atoms with Crippen molar-refractivity contribution >= 4 is 6.08 Å². The third kappa shape index (κ3) is 4.53. The van der Waals surface area contributed by atoms with Crippen molar-refractivity contribution in [2.45, 2.75) is 31.8 Å². The van der Waals surface area contributed by atoms with E-state index in [4.69, 9.17) is 9.47 Å². The molecule has 0 N–H and O–H groups in total. The maximum absolute atomic E-state index is 15.0. The standard InChI is InChI=1S/C27H24F4O2/c1-3-16-5-7-17(8-6-16)18-9-13-22(33-15-18)21-11-10-19(24(28)26(21)30)20-12-14-23(32-4-2)27(31)25(20)29/h3,5-8,10-12,14,18,22H,1,4,9,13,15H2,2H3. The van der Waals surface area contributed by atoms with Crippen molar-refractivity contribution < 1.29 is 27.0 Å². The normalized spacial score (nSPS) is 18.2. The molecule has 0 radical (unpaired) electrons. The van der Waals surface area contributed by atoms with Gasteiger partial charge in [-0.15, -0.1) is 0 Å². The first-order valence-electron chi connectivity index (χ1n) is 10.9. The maximum Gasteiger partial charge on any atom is 0.201 e. The van der Waals surface area contributed by atoms with Crippen LogP contribution in [-0.4, -0.2) is 13.2 Å². The van der Waals surface area contributed by atoms with Crippen molar-refractivity contribution in [2.24, 2.45) is 0 Å². The lowest BCUT2D eigenvalue weighted by Gasteiger charge is -2.30. The van der Waals surface area contributed by atoms with Crippen LogP contribution in [0.2, 0.25) is 0 Å². The summed E-state index contributed by atoms with van der Waals surface area (Å²) in [6, 6.07) is 13.0. The highest BCUT2D eigenvalue weighted by Gasteiger charge is 2.29. The molecule has 1 heterocycles. The molecule has 0 amide bonds. The lowest BCUT2D eigenvalue weighted by molar-refractivity contribution is 0.0000980. The van der Waals surface area contributed by atoms with E-state index in [2.05, 4.69) is 6.58 Å². The lowest BCUT2D eigenvalue weighted by atomic mass is 9.88. The summed E-state index contributed by atoms with van der Waals surface area (Å²) in [6.45, 7) is 5.90. The minimum atomic E-state index is -1.29. The maximum atomic E-state index is 15.0. The molecular formula is C27H24F4O2. The van der Waals surface area contributed by atoms with E-state index in [-0.39, 0.29) is 35.0 Å². The predicted molar refractivity (Wildman–Crippen MR) is 120 cm³/mol. The molecular weight excluding hydrogens is 432 g/mol. The fourth-order valence-corrected chi connectivity index (χ4v) is 4.19. The third-order valence-corrected chi connectivity index (χ3v) is 6.02. The van der Waals surface area contributed by atoms with E-state index in [1.54, 1.807) is 13.0 Å². The molecule has 6 heteroatoms. The Balaban J connectivity index is 1.53. The van der Waals surface area contributed by atoms with Crippen LogP contribution in [0.5, 0.6) is 5.75 Å². The quantitative estimate of drug-likeness (QED) is 0.356. The largest absolute Gasteiger partial charge is 0.491 e. The van der Waals surface area contributed by atoms with Crippen molar-refractivity contribution in [2.75, 3.05) is 13.2 Å². The van der Waals surface area contributed by atoms with Gasteiger partial charge in [0.05, 0.1) is 19.3 Å². The number of ether oxygens (including phenoxy) is 2. The Hall–Kier alpha value is -3.12. The smallest absolute Gasteiger partial charge is 0.201 e. The average molecular weight is 456 g/mol. The monoisotopic (exact) mass is 456 g/mol. The lowest BCUT2D eigenvalue weighted by Crippen LogP contribution is -2.20. The zero-order valence-electron chi connectivity index (χ0n) is 18.2. The fraction of sp³-hybridized carbons (Fsp3) is 0.259. The van der Waals surface area contributed by atoms with Crippen LogP contribution in [0.1, 0.15) is 48.5 Å². The summed E-state index contributed by atoms with van der Waals surface area (Å²) in [5.74, 6) is -4.98. The summed E-state index contributed by atoms with van der Waals surface area (Å²) in [5.41, 5.74) is 1.49. The van der Waals surface area contributed by atoms with E-state index >= 15 is 0 Å². The second kappa shape index (κ2) is 9.79. The first-order chi connectivity index (χ1) is 15.9. The molecule has 0 aliphatic carbocycles. The van der Waals surface area contributed by atoms with Crippen molar-refractivity contribution in [3.8, 4) is 16.9 Å². The minimum absolute atomic E-state index is 0.0727. The molecule has 3 aromatic rings. The second-order valence-corrected chi connectivity index (χ2v) is 7.97. The zero-order chi connectivity index (χ0) is 23.5. The van der Waals surface area contributed by atoms with Crippen LogP contribution >= 0.6 is 0 Å². The minimum Gasteiger partial charge on any atom is -0.491 e. The summed E-state index contributed by atoms with van der Waals surface area (Å²) in [7, 11) is 0. The van der Waals surface area contributed by atoms with Gasteiger partial charge in [0.1, 0.15) is 0 Å². The summed E-state index contributed by atoms with van der Waals surface area (Å²) in [6.07, 6.45) is 2.42. The first-order valence-corrected chi connectivity index (χ1v) is 10.9. The van der Waals surface area contributed by atoms with Crippen molar-refractivity contribution in [3.63, 3.8) is 0 Å². The fourth-order valence-electron chi connectivity index (χ4n) is 4.19. The van der Waals surface area contributed by atoms with Crippen LogP contribution in [0.3, 0.4) is 0 Å². The number of hydrogen-bond donors (Lipinski definition) is 0. The van der Waals surface area contributed by atoms with Crippen LogP contribution in [0.25, 0.3) is 17.2 Å². The van der Waals surface area contributed by atoms with E-state index in [9.17, 15) is 17.6 Å². The number of rotatable bonds is 6. The van der Waals surface area contributed by atoms with Gasteiger partial charge in [0, 0.05) is 22.6 Å². The van der Waals surface area contributed by atoms with Gasteiger partial charge < -0.3 is 9.47 Å². The number of benzene rings is 3. The van der Waals surface area contributed by atoms with Crippen molar-refractivity contribution in [1.82, 2.24) is 0 Å². The van der Waals surface area contributed by atoms with E-state index < -0.39 is 29.4 Å². The van der Waals surface area contributed by atoms with Gasteiger partial charge in [0.2, 0.25) is 5.82 Å². The number of hydrogen-bond acceptors (Lipinski definition) is 2. The molecule has 0 aromatic heterocycles. The molecule has 1 saturated heterocycles. The number of halogens is 4. The Bertz CT molecular complexity index is 1150. The van der Waals surface area contributed by atoms with Crippen molar-refractivity contribution in [1.29, 1.82) is 0 Å². The van der Waals surface area contributed by atoms with E-state index in [1.165, 1.54) is 24.3 Å². The molecule has 172 valence electrons. The second-order valence-electron chi connectivity index (χ2n) is 7.97. The van der Waals surface area contributed by atoms with Gasteiger partial charge in [-0.05, 0) is 43.0 Å². The van der Waals surface area contributed by atoms with Gasteiger partial charge in [0.25, 0.3) is 0 Å². The molecule has 1 fully saturated rings. The summed E-state index contributed by atoms with van der Waals surface area (Å²) in [5, 5.41) is 0. The Kier molecular flexibility index (Phi) is 6.84. The van der Waals surface area contributed by atoms with Crippen molar-refractivity contribution in [3.05, 3.63) is 95.1 Å². The first kappa shape index (κ1) is 23.1. The van der Waals surface area contributed by atoms with Gasteiger partial charge in [-0.2, -0.15) is 4.39 Å². The molecule has 2 atom stereocenters. The molecule has 4 rings (SSSR count). The average Bonchev–Trinajstić information content (AvgIpc) is 2.85. The Morgan fingerprint density at radius 1 is 0.879 bits per heavy atom. The molecule has 0 saturated carbocycles. The Labute approximate surface area is 190 Å². The van der Waals surface area contributed by atoms with Gasteiger partial charge in [-0.3, -0.25) is 0 Å². The molecule has 1 aliphatic rings. The highest BCUT2D eigenvalue weighted by Crippen LogP contribution is 2.39. The highest BCUT2D eigenvalue weighted by atomic mass is 19.2. The summed E-state index contributed by atoms with van der Waals surface area (Å²) in [4.78, 5) is 0. The van der Waals surface area contributed by atoms with Gasteiger partial charge in [-0.1, -0.05) is 49.1 Å². The van der Waals surface area contributed by atoms with Gasteiger partial charge in [0.15, 0.2) is 23.2 Å². The van der Waals surface area contributed by atoms with E-state index in [1.807, 2.05) is 24.3 Å². The van der Waals surface area contributed by atoms with Crippen LogP contribution in [0.15, 0.2) is 55.1 Å². The molecule has 2 nitrogen and oxygen atoms in total. The predicted octanol–water partition coefficient (Wildman–Crippen LogP) is 7.59. The molecule has 1 aliphatic heterocycles. The zero-order valence-corrected chi connectivity index (χ0v) is 18.2. The third-order valence-electron chi connectivity index (χ3n) is 6.02. The van der Waals surface area contributed by atoms with Gasteiger partial charge in [-0.25, -0.2) is 13.2 Å². The highest BCUT2D eigenvalue weighted by molar-refractivity contribution is 5.66. The molecule has 0 spiro atoms. The Morgan fingerprint density at radius 3 is 2.15 bits per heavy atom. The van der Waals surface area contributed by atoms with Gasteiger partial charge >= 0.3 is 0 Å². The molecule has 0 bridgehead atoms. The summed E-state index contributed by atoms with van der Waals surface area (Å²) < 4.78 is 69.5. The topological polar surface area (TPSA) is 18.5 Å². The van der Waals surface area contributed by atoms with Crippen LogP contribution in [-0.2, 0) is 4.74 Å². The van der Waals surface area contributed by atoms with Crippen LogP contribution in [0.4, 0.5) is 17.6 Å². The SMILES string of the molecule is C=Cc1ccc(C2CCC(c3ccc(-c4ccc(OCC)c(F)c4F)c(F)c3F)OC2)cc1. The van der Waals surface area contributed by atoms with E-state index in [0.717, 1.165) is 17.5 Å². The Morgan fingerprint density at radius 2 is 1.55 bits per heavy atom. The molecule has 2 unspecified atom stereocenters. The molecule has 33 heavy (non-hydrogen) atoms.